The molecule has 1 spiro atoms. The Bertz CT molecular complexity index is 1800. The summed E-state index contributed by atoms with van der Waals surface area (Å²) in [5.74, 6) is -0.677. The quantitative estimate of drug-likeness (QED) is 0.0449. The Kier molecular flexibility index (Phi) is 16.6. The number of aryl methyl sites for hydroxylation is 1. The van der Waals surface area contributed by atoms with E-state index in [0.29, 0.717) is 76.3 Å². The van der Waals surface area contributed by atoms with Crippen LogP contribution in [0.25, 0.3) is 0 Å². The molecule has 0 saturated heterocycles. The Morgan fingerprint density at radius 3 is 2.53 bits per heavy atom. The van der Waals surface area contributed by atoms with E-state index < -0.39 is 35.4 Å². The first-order valence-corrected chi connectivity index (χ1v) is 21.7. The molecule has 2 saturated carbocycles. The number of allylic oxidation sites excluding steroid dienone is 7. The van der Waals surface area contributed by atoms with Crippen LogP contribution in [0.4, 0.5) is 0 Å². The third-order valence-electron chi connectivity index (χ3n) is 13.7. The molecule has 58 heavy (non-hydrogen) atoms. The van der Waals surface area contributed by atoms with E-state index in [1.165, 1.54) is 11.1 Å². The summed E-state index contributed by atoms with van der Waals surface area (Å²) in [6, 6.07) is 18.9. The lowest BCUT2D eigenvalue weighted by atomic mass is 9.51. The van der Waals surface area contributed by atoms with E-state index in [4.69, 9.17) is 0 Å². The Balaban J connectivity index is 1.52. The van der Waals surface area contributed by atoms with Crippen molar-refractivity contribution in [3.63, 3.8) is 0 Å². The first kappa shape index (κ1) is 45.6. The van der Waals surface area contributed by atoms with Crippen LogP contribution in [-0.4, -0.2) is 82.1 Å². The van der Waals surface area contributed by atoms with Crippen molar-refractivity contribution >= 4 is 6.29 Å². The largest absolute Gasteiger partial charge is 0.396 e. The molecular formula is C50H70N2O6. The Morgan fingerprint density at radius 1 is 1.09 bits per heavy atom. The Hall–Kier alpha value is -3.47. The molecule has 316 valence electrons. The van der Waals surface area contributed by atoms with Gasteiger partial charge in [-0.2, -0.15) is 0 Å². The summed E-state index contributed by atoms with van der Waals surface area (Å²) in [6.45, 7) is 10.9. The predicted octanol–water partition coefficient (Wildman–Crippen LogP) is 6.86. The molecular weight excluding hydrogens is 725 g/mol. The minimum atomic E-state index is -1.22. The molecule has 8 heteroatoms. The Morgan fingerprint density at radius 2 is 1.83 bits per heavy atom. The number of hydrogen-bond acceptors (Lipinski definition) is 8. The van der Waals surface area contributed by atoms with Crippen LogP contribution in [0.3, 0.4) is 0 Å². The molecule has 0 unspecified atom stereocenters. The molecule has 1 heterocycles. The molecule has 3 aliphatic rings. The molecule has 7 N–H and O–H groups in total. The van der Waals surface area contributed by atoms with Gasteiger partial charge in [-0.1, -0.05) is 96.6 Å². The van der Waals surface area contributed by atoms with Crippen molar-refractivity contribution < 1.29 is 30.3 Å². The minimum Gasteiger partial charge on any atom is -0.396 e. The second-order valence-electron chi connectivity index (χ2n) is 17.5. The fraction of sp³-hybridized carbons (Fsp3) is 0.540. The molecule has 1 aliphatic heterocycles. The van der Waals surface area contributed by atoms with Gasteiger partial charge >= 0.3 is 0 Å². The minimum absolute atomic E-state index is 0.0229. The first-order chi connectivity index (χ1) is 27.9. The number of nitrogens with one attached hydrogen (secondary N) is 2. The SMILES string of the molecule is C=C(/C=C/C=C(/[C@H](O)CCc1ccccc1)[C@@H]1CC[C@]2([C@@H]1O)[C@@H](CCCO)/C(=C(/C)C=O)CC[C@]2(O)CCNC)[C@H]1C/C=C(\C)[C@@H](O)N[C@@H](C)Cc2cccc(c2)C1. The number of rotatable bonds is 15. The standard InChI is InChI=1S/C50H70N2O6/c1-34(41-21-19-35(2)48(57)52-37(4)30-39-15-10-16-40(31-39)32-41)12-9-17-43(46(55)22-20-38-13-7-6-8-14-38)44-24-26-50(47(44)56)45(18-11-29-53)42(36(3)33-54)23-25-49(50,58)27-28-51-5/h6-10,12-17,19,31,33,37,41,44-48,51-53,55-58H,1,11,18,20-30,32H2,2-5H3/b12-9+,35-19+,42-36-,43-17+/t37-,41-,44-,45-,46+,47+,48+,49-,50+/m0/s1. The van der Waals surface area contributed by atoms with Crippen LogP contribution in [0, 0.1) is 23.2 Å². The van der Waals surface area contributed by atoms with E-state index in [2.05, 4.69) is 66.6 Å². The van der Waals surface area contributed by atoms with Gasteiger partial charge in [0, 0.05) is 24.0 Å². The highest BCUT2D eigenvalue weighted by atomic mass is 16.3. The van der Waals surface area contributed by atoms with Crippen LogP contribution in [0.2, 0.25) is 0 Å². The third-order valence-corrected chi connectivity index (χ3v) is 13.7. The average Bonchev–Trinajstić information content (AvgIpc) is 3.56. The molecule has 2 fully saturated rings. The van der Waals surface area contributed by atoms with Crippen LogP contribution in [0.1, 0.15) is 95.2 Å². The molecule has 2 aromatic carbocycles. The average molecular weight is 795 g/mol. The summed E-state index contributed by atoms with van der Waals surface area (Å²) in [7, 11) is 1.86. The molecule has 8 nitrogen and oxygen atoms in total. The second kappa shape index (κ2) is 21.2. The van der Waals surface area contributed by atoms with Gasteiger partial charge in [-0.05, 0) is 157 Å². The number of hydrogen-bond donors (Lipinski definition) is 7. The van der Waals surface area contributed by atoms with Gasteiger partial charge in [-0.25, -0.2) is 0 Å². The molecule has 0 radical (unpaired) electrons. The summed E-state index contributed by atoms with van der Waals surface area (Å²) in [5, 5.41) is 65.1. The van der Waals surface area contributed by atoms with Gasteiger partial charge in [-0.3, -0.25) is 10.1 Å². The zero-order chi connectivity index (χ0) is 41.9. The van der Waals surface area contributed by atoms with E-state index in [1.807, 2.05) is 57.3 Å². The molecule has 5 rings (SSSR count). The summed E-state index contributed by atoms with van der Waals surface area (Å²) >= 11 is 0. The number of aliphatic hydroxyl groups is 5. The lowest BCUT2D eigenvalue weighted by Crippen LogP contribution is -2.61. The van der Waals surface area contributed by atoms with Gasteiger partial charge < -0.3 is 30.8 Å². The lowest BCUT2D eigenvalue weighted by Gasteiger charge is -2.57. The zero-order valence-corrected chi connectivity index (χ0v) is 35.4. The maximum absolute atomic E-state index is 12.9. The highest BCUT2D eigenvalue weighted by molar-refractivity contribution is 5.74. The number of benzene rings is 2. The van der Waals surface area contributed by atoms with Gasteiger partial charge in [-0.15, -0.1) is 0 Å². The third kappa shape index (κ3) is 10.6. The lowest BCUT2D eigenvalue weighted by molar-refractivity contribution is -0.181. The van der Waals surface area contributed by atoms with Crippen LogP contribution in [-0.2, 0) is 24.1 Å². The van der Waals surface area contributed by atoms with Gasteiger partial charge in [0.25, 0.3) is 0 Å². The monoisotopic (exact) mass is 795 g/mol. The molecule has 2 aliphatic carbocycles. The second-order valence-corrected chi connectivity index (χ2v) is 17.5. The number of aliphatic hydroxyl groups excluding tert-OH is 4. The van der Waals surface area contributed by atoms with Crippen LogP contribution < -0.4 is 10.6 Å². The van der Waals surface area contributed by atoms with E-state index in [1.54, 1.807) is 0 Å². The smallest absolute Gasteiger partial charge is 0.145 e. The van der Waals surface area contributed by atoms with Crippen molar-refractivity contribution in [1.29, 1.82) is 0 Å². The molecule has 2 bridgehead atoms. The Labute approximate surface area is 347 Å². The van der Waals surface area contributed by atoms with Crippen molar-refractivity contribution in [1.82, 2.24) is 10.6 Å². The van der Waals surface area contributed by atoms with E-state index in [-0.39, 0.29) is 24.5 Å². The van der Waals surface area contributed by atoms with Crippen LogP contribution >= 0.6 is 0 Å². The first-order valence-electron chi connectivity index (χ1n) is 21.7. The summed E-state index contributed by atoms with van der Waals surface area (Å²) < 4.78 is 0. The number of aldehydes is 1. The summed E-state index contributed by atoms with van der Waals surface area (Å²) in [4.78, 5) is 12.2. The van der Waals surface area contributed by atoms with Crippen LogP contribution in [0.15, 0.2) is 113 Å². The van der Waals surface area contributed by atoms with Crippen molar-refractivity contribution in [2.24, 2.45) is 23.2 Å². The predicted molar refractivity (Wildman–Crippen MR) is 234 cm³/mol. The normalized spacial score (nSPS) is 31.9. The highest BCUT2D eigenvalue weighted by Crippen LogP contribution is 2.64. The molecule has 2 aromatic rings. The maximum Gasteiger partial charge on any atom is 0.145 e. The number of carbonyl (C=O) groups excluding carboxylic acids is 1. The summed E-state index contributed by atoms with van der Waals surface area (Å²) in [5.41, 5.74) is 5.51. The fourth-order valence-electron chi connectivity index (χ4n) is 10.4. The topological polar surface area (TPSA) is 142 Å². The van der Waals surface area contributed by atoms with E-state index in [9.17, 15) is 30.3 Å². The van der Waals surface area contributed by atoms with Crippen molar-refractivity contribution in [3.05, 3.63) is 130 Å². The summed E-state index contributed by atoms with van der Waals surface area (Å²) in [6.07, 6.45) is 13.3. The van der Waals surface area contributed by atoms with Gasteiger partial charge in [0.1, 0.15) is 12.5 Å². The molecule has 0 amide bonds. The fourth-order valence-corrected chi connectivity index (χ4v) is 10.4. The van der Waals surface area contributed by atoms with E-state index in [0.717, 1.165) is 47.0 Å². The van der Waals surface area contributed by atoms with Crippen molar-refractivity contribution in [3.8, 4) is 0 Å². The molecule has 0 aromatic heterocycles. The van der Waals surface area contributed by atoms with E-state index >= 15 is 0 Å². The van der Waals surface area contributed by atoms with Crippen molar-refractivity contribution in [2.75, 3.05) is 20.2 Å². The van der Waals surface area contributed by atoms with Crippen molar-refractivity contribution in [2.45, 2.75) is 128 Å². The number of fused-ring (bicyclic) bond motifs is 2. The van der Waals surface area contributed by atoms with Gasteiger partial charge in [0.05, 0.1) is 17.8 Å². The molecule has 9 atom stereocenters. The van der Waals surface area contributed by atoms with Gasteiger partial charge in [0.15, 0.2) is 0 Å². The highest BCUT2D eigenvalue weighted by Gasteiger charge is 2.65. The van der Waals surface area contributed by atoms with Gasteiger partial charge in [0.2, 0.25) is 0 Å². The maximum atomic E-state index is 12.9. The van der Waals surface area contributed by atoms with Crippen LogP contribution in [0.5, 0.6) is 0 Å². The number of carbonyl (C=O) groups is 1. The zero-order valence-electron chi connectivity index (χ0n) is 35.4.